The molecule has 2 atom stereocenters. The molecule has 1 aliphatic rings. The van der Waals surface area contributed by atoms with Gasteiger partial charge >= 0.3 is 0 Å². The smallest absolute Gasteiger partial charge is 0.0574 e. The molecule has 1 rings (SSSR count). The molecule has 0 aliphatic carbocycles. The highest BCUT2D eigenvalue weighted by atomic mass is 28.3. The van der Waals surface area contributed by atoms with Crippen molar-refractivity contribution in [2.45, 2.75) is 57.8 Å². The van der Waals surface area contributed by atoms with Crippen molar-refractivity contribution in [2.24, 2.45) is 5.41 Å². The second-order valence-corrected chi connectivity index (χ2v) is 11.6. The third kappa shape index (κ3) is 2.25. The van der Waals surface area contributed by atoms with Crippen molar-refractivity contribution in [3.8, 4) is 0 Å². The minimum Gasteiger partial charge on any atom is -0.103 e. The largest absolute Gasteiger partial charge is 0.103 e. The lowest BCUT2D eigenvalue weighted by Gasteiger charge is -2.51. The summed E-state index contributed by atoms with van der Waals surface area (Å²) in [5.41, 5.74) is 2.44. The molecule has 13 heavy (non-hydrogen) atoms. The molecule has 0 saturated carbocycles. The predicted octanol–water partition coefficient (Wildman–Crippen LogP) is 4.46. The Hall–Kier alpha value is -0.0431. The van der Waals surface area contributed by atoms with Crippen LogP contribution in [0.1, 0.15) is 33.6 Å². The Labute approximate surface area is 84.4 Å². The summed E-state index contributed by atoms with van der Waals surface area (Å²) >= 11 is 0. The normalized spacial score (nSPS) is 32.4. The molecule has 0 aromatic carbocycles. The van der Waals surface area contributed by atoms with E-state index in [4.69, 9.17) is 0 Å². The summed E-state index contributed by atoms with van der Waals surface area (Å²) in [6.07, 6.45) is 5.03. The highest BCUT2D eigenvalue weighted by Crippen LogP contribution is 2.56. The topological polar surface area (TPSA) is 0 Å². The van der Waals surface area contributed by atoms with Crippen LogP contribution < -0.4 is 0 Å². The first-order valence-corrected chi connectivity index (χ1v) is 8.55. The third-order valence-electron chi connectivity index (χ3n) is 3.69. The molecule has 0 bridgehead atoms. The first-order valence-electron chi connectivity index (χ1n) is 5.40. The van der Waals surface area contributed by atoms with Crippen LogP contribution in [0.2, 0.25) is 24.2 Å². The molecule has 0 amide bonds. The molecule has 1 aliphatic heterocycles. The average molecular weight is 196 g/mol. The molecular weight excluding hydrogens is 172 g/mol. The maximum absolute atomic E-state index is 3.94. The number of hydrogen-bond acceptors (Lipinski definition) is 0. The third-order valence-corrected chi connectivity index (χ3v) is 8.62. The van der Waals surface area contributed by atoms with Crippen molar-refractivity contribution in [2.75, 3.05) is 0 Å². The zero-order valence-electron chi connectivity index (χ0n) is 9.85. The van der Waals surface area contributed by atoms with Crippen molar-refractivity contribution in [1.29, 1.82) is 0 Å². The van der Waals surface area contributed by atoms with Crippen molar-refractivity contribution < 1.29 is 0 Å². The molecule has 0 spiro atoms. The van der Waals surface area contributed by atoms with Crippen LogP contribution in [0.25, 0.3) is 0 Å². The molecule has 0 aromatic heterocycles. The van der Waals surface area contributed by atoms with Crippen LogP contribution >= 0.6 is 0 Å². The Morgan fingerprint density at radius 2 is 1.92 bits per heavy atom. The number of rotatable bonds is 2. The molecular formula is C12H24Si. The molecule has 2 unspecified atom stereocenters. The predicted molar refractivity (Wildman–Crippen MR) is 63.9 cm³/mol. The van der Waals surface area contributed by atoms with Crippen LogP contribution in [-0.2, 0) is 0 Å². The van der Waals surface area contributed by atoms with Gasteiger partial charge in [0.2, 0.25) is 0 Å². The molecule has 1 fully saturated rings. The molecule has 1 heteroatoms. The van der Waals surface area contributed by atoms with E-state index in [0.717, 1.165) is 11.1 Å². The SMILES string of the molecule is C=CC1CC(CC(C)(C)C)[Si]1(C)C. The summed E-state index contributed by atoms with van der Waals surface area (Å²) in [5, 5.41) is 0. The van der Waals surface area contributed by atoms with E-state index in [-0.39, 0.29) is 0 Å². The molecule has 0 N–H and O–H groups in total. The van der Waals surface area contributed by atoms with Gasteiger partial charge in [-0.25, -0.2) is 0 Å². The number of allylic oxidation sites excluding steroid dienone is 1. The van der Waals surface area contributed by atoms with E-state index in [9.17, 15) is 0 Å². The van der Waals surface area contributed by atoms with Crippen molar-refractivity contribution in [3.05, 3.63) is 12.7 Å². The van der Waals surface area contributed by atoms with Crippen LogP contribution in [0.4, 0.5) is 0 Å². The summed E-state index contributed by atoms with van der Waals surface area (Å²) in [4.78, 5) is 0. The van der Waals surface area contributed by atoms with E-state index in [2.05, 4.69) is 46.5 Å². The van der Waals surface area contributed by atoms with Crippen LogP contribution in [0.15, 0.2) is 12.7 Å². The van der Waals surface area contributed by atoms with Crippen LogP contribution in [0.3, 0.4) is 0 Å². The van der Waals surface area contributed by atoms with E-state index in [0.29, 0.717) is 5.41 Å². The van der Waals surface area contributed by atoms with Crippen molar-refractivity contribution in [3.63, 3.8) is 0 Å². The van der Waals surface area contributed by atoms with Crippen LogP contribution in [-0.4, -0.2) is 8.07 Å². The standard InChI is InChI=1S/C12H24Si/c1-7-10-8-11(13(10,5)6)9-12(2,3)4/h7,10-11H,1,8-9H2,2-6H3. The number of hydrogen-bond donors (Lipinski definition) is 0. The second kappa shape index (κ2) is 3.27. The molecule has 0 nitrogen and oxygen atoms in total. The maximum Gasteiger partial charge on any atom is 0.0574 e. The minimum atomic E-state index is -0.937. The molecule has 0 aromatic rings. The van der Waals surface area contributed by atoms with E-state index < -0.39 is 8.07 Å². The van der Waals surface area contributed by atoms with Gasteiger partial charge in [0.25, 0.3) is 0 Å². The molecule has 1 saturated heterocycles. The lowest BCUT2D eigenvalue weighted by Crippen LogP contribution is -2.48. The van der Waals surface area contributed by atoms with Crippen LogP contribution in [0, 0.1) is 5.41 Å². The second-order valence-electron chi connectivity index (χ2n) is 6.36. The highest BCUT2D eigenvalue weighted by molar-refractivity contribution is 6.83. The van der Waals surface area contributed by atoms with Gasteiger partial charge in [-0.1, -0.05) is 39.9 Å². The average Bonchev–Trinajstić information content (AvgIpc) is 1.95. The summed E-state index contributed by atoms with van der Waals surface area (Å²) < 4.78 is 0. The van der Waals surface area contributed by atoms with Gasteiger partial charge < -0.3 is 0 Å². The van der Waals surface area contributed by atoms with Gasteiger partial charge in [0.15, 0.2) is 0 Å². The first kappa shape index (κ1) is 11.0. The van der Waals surface area contributed by atoms with Crippen molar-refractivity contribution >= 4 is 8.07 Å². The molecule has 76 valence electrons. The van der Waals surface area contributed by atoms with Gasteiger partial charge in [-0.05, 0) is 29.3 Å². The van der Waals surface area contributed by atoms with Gasteiger partial charge in [-0.3, -0.25) is 0 Å². The minimum absolute atomic E-state index is 0.515. The summed E-state index contributed by atoms with van der Waals surface area (Å²) in [6, 6.07) is 0. The Morgan fingerprint density at radius 1 is 1.38 bits per heavy atom. The van der Waals surface area contributed by atoms with Crippen LogP contribution in [0.5, 0.6) is 0 Å². The molecule has 1 heterocycles. The lowest BCUT2D eigenvalue weighted by atomic mass is 9.88. The zero-order chi connectivity index (χ0) is 10.3. The fourth-order valence-corrected chi connectivity index (χ4v) is 6.21. The monoisotopic (exact) mass is 196 g/mol. The van der Waals surface area contributed by atoms with E-state index in [1.165, 1.54) is 12.8 Å². The Morgan fingerprint density at radius 3 is 2.23 bits per heavy atom. The summed E-state index contributed by atoms with van der Waals surface area (Å²) in [5.74, 6) is 0. The van der Waals surface area contributed by atoms with Gasteiger partial charge in [-0.15, -0.1) is 6.58 Å². The lowest BCUT2D eigenvalue weighted by molar-refractivity contribution is 0.340. The molecule has 0 radical (unpaired) electrons. The van der Waals surface area contributed by atoms with Gasteiger partial charge in [0.05, 0.1) is 8.07 Å². The van der Waals surface area contributed by atoms with Gasteiger partial charge in [0.1, 0.15) is 0 Å². The fraction of sp³-hybridized carbons (Fsp3) is 0.833. The quantitative estimate of drug-likeness (QED) is 0.452. The first-order chi connectivity index (χ1) is 5.77. The Kier molecular flexibility index (Phi) is 2.77. The summed E-state index contributed by atoms with van der Waals surface area (Å²) in [6.45, 7) is 16.1. The highest BCUT2D eigenvalue weighted by Gasteiger charge is 2.48. The van der Waals surface area contributed by atoms with Crippen molar-refractivity contribution in [1.82, 2.24) is 0 Å². The van der Waals surface area contributed by atoms with E-state index in [1.807, 2.05) is 0 Å². The summed E-state index contributed by atoms with van der Waals surface area (Å²) in [7, 11) is -0.937. The Balaban J connectivity index is 2.54. The zero-order valence-corrected chi connectivity index (χ0v) is 10.9. The van der Waals surface area contributed by atoms with Gasteiger partial charge in [0, 0.05) is 0 Å². The van der Waals surface area contributed by atoms with E-state index in [1.54, 1.807) is 0 Å². The van der Waals surface area contributed by atoms with E-state index >= 15 is 0 Å². The maximum atomic E-state index is 3.94. The Bertz CT molecular complexity index is 198. The van der Waals surface area contributed by atoms with Gasteiger partial charge in [-0.2, -0.15) is 0 Å². The fourth-order valence-electron chi connectivity index (χ4n) is 2.54.